The molecule has 0 amide bonds. The van der Waals surface area contributed by atoms with Crippen molar-refractivity contribution in [2.45, 2.75) is 17.9 Å². The zero-order chi connectivity index (χ0) is 20.1. The van der Waals surface area contributed by atoms with Crippen LogP contribution in [0.4, 0.5) is 0 Å². The average Bonchev–Trinajstić information content (AvgIpc) is 3.38. The van der Waals surface area contributed by atoms with Crippen molar-refractivity contribution in [3.05, 3.63) is 53.2 Å². The fourth-order valence-electron chi connectivity index (χ4n) is 2.19. The molecule has 1 aromatic carbocycles. The molecule has 10 heteroatoms. The molecule has 0 saturated heterocycles. The molecule has 1 unspecified atom stereocenters. The second-order valence-corrected chi connectivity index (χ2v) is 8.24. The number of thiophene rings is 1. The summed E-state index contributed by atoms with van der Waals surface area (Å²) in [6.45, 7) is 1.43. The van der Waals surface area contributed by atoms with Gasteiger partial charge in [0.2, 0.25) is 10.0 Å². The van der Waals surface area contributed by atoms with Gasteiger partial charge in [0, 0.05) is 0 Å². The molecule has 144 valence electrons. The van der Waals surface area contributed by atoms with Crippen LogP contribution in [-0.2, 0) is 14.8 Å². The van der Waals surface area contributed by atoms with Gasteiger partial charge >= 0.3 is 5.97 Å². The van der Waals surface area contributed by atoms with Gasteiger partial charge in [-0.2, -0.15) is 4.72 Å². The number of nitrogens with one attached hydrogen (secondary N) is 1. The van der Waals surface area contributed by atoms with Crippen molar-refractivity contribution >= 4 is 27.3 Å². The molecule has 0 saturated carbocycles. The van der Waals surface area contributed by atoms with Crippen molar-refractivity contribution in [2.24, 2.45) is 0 Å². The van der Waals surface area contributed by atoms with E-state index in [0.717, 1.165) is 4.88 Å². The second-order valence-electron chi connectivity index (χ2n) is 5.53. The summed E-state index contributed by atoms with van der Waals surface area (Å²) >= 11 is 1.44. The minimum atomic E-state index is -3.82. The zero-order valence-corrected chi connectivity index (χ0v) is 16.3. The predicted octanol–water partition coefficient (Wildman–Crippen LogP) is 2.63. The Kier molecular flexibility index (Phi) is 5.89. The maximum absolute atomic E-state index is 12.4. The molecule has 1 N–H and O–H groups in total. The SMILES string of the molecule is C#CCNS(=O)(=O)c1cccc(C(=O)OC(C)c2nnc(-c3cccs3)o2)c1. The van der Waals surface area contributed by atoms with Gasteiger partial charge in [0.1, 0.15) is 0 Å². The van der Waals surface area contributed by atoms with E-state index in [4.69, 9.17) is 15.6 Å². The van der Waals surface area contributed by atoms with Crippen LogP contribution in [0.25, 0.3) is 10.8 Å². The summed E-state index contributed by atoms with van der Waals surface area (Å²) in [7, 11) is -3.82. The van der Waals surface area contributed by atoms with Gasteiger partial charge in [-0.15, -0.1) is 28.0 Å². The van der Waals surface area contributed by atoms with Crippen LogP contribution in [0.2, 0.25) is 0 Å². The zero-order valence-electron chi connectivity index (χ0n) is 14.7. The van der Waals surface area contributed by atoms with Crippen LogP contribution < -0.4 is 4.72 Å². The molecule has 0 aliphatic heterocycles. The van der Waals surface area contributed by atoms with Crippen molar-refractivity contribution in [2.75, 3.05) is 6.54 Å². The van der Waals surface area contributed by atoms with E-state index in [9.17, 15) is 13.2 Å². The van der Waals surface area contributed by atoms with E-state index >= 15 is 0 Å². The summed E-state index contributed by atoms with van der Waals surface area (Å²) < 4.78 is 37.4. The third-order valence-corrected chi connectivity index (χ3v) is 5.81. The Balaban J connectivity index is 1.73. The Bertz CT molecular complexity index is 1110. The lowest BCUT2D eigenvalue weighted by Crippen LogP contribution is -2.24. The third kappa shape index (κ3) is 4.45. The number of carbonyl (C=O) groups excluding carboxylic acids is 1. The van der Waals surface area contributed by atoms with E-state index in [0.29, 0.717) is 5.89 Å². The number of carbonyl (C=O) groups is 1. The second kappa shape index (κ2) is 8.35. The van der Waals surface area contributed by atoms with Crippen LogP contribution in [0.1, 0.15) is 29.3 Å². The van der Waals surface area contributed by atoms with E-state index < -0.39 is 22.1 Å². The van der Waals surface area contributed by atoms with E-state index in [1.807, 2.05) is 17.5 Å². The smallest absolute Gasteiger partial charge is 0.338 e. The third-order valence-electron chi connectivity index (χ3n) is 3.55. The quantitative estimate of drug-likeness (QED) is 0.465. The summed E-state index contributed by atoms with van der Waals surface area (Å²) in [6.07, 6.45) is 4.25. The molecule has 3 aromatic rings. The Morgan fingerprint density at radius 1 is 1.36 bits per heavy atom. The normalized spacial score (nSPS) is 12.3. The minimum Gasteiger partial charge on any atom is -0.449 e. The largest absolute Gasteiger partial charge is 0.449 e. The molecule has 0 spiro atoms. The monoisotopic (exact) mass is 417 g/mol. The van der Waals surface area contributed by atoms with Gasteiger partial charge in [0.15, 0.2) is 6.10 Å². The highest BCUT2D eigenvalue weighted by molar-refractivity contribution is 7.89. The van der Waals surface area contributed by atoms with Crippen LogP contribution in [0.5, 0.6) is 0 Å². The van der Waals surface area contributed by atoms with Gasteiger partial charge in [-0.05, 0) is 36.6 Å². The number of esters is 1. The number of sulfonamides is 1. The van der Waals surface area contributed by atoms with Gasteiger partial charge in [-0.25, -0.2) is 13.2 Å². The highest BCUT2D eigenvalue weighted by atomic mass is 32.2. The Morgan fingerprint density at radius 2 is 2.18 bits per heavy atom. The molecule has 2 aromatic heterocycles. The molecule has 0 radical (unpaired) electrons. The summed E-state index contributed by atoms with van der Waals surface area (Å²) in [6, 6.07) is 9.13. The van der Waals surface area contributed by atoms with E-state index in [2.05, 4.69) is 20.8 Å². The van der Waals surface area contributed by atoms with Crippen LogP contribution >= 0.6 is 11.3 Å². The number of rotatable bonds is 7. The summed E-state index contributed by atoms with van der Waals surface area (Å²) in [5, 5.41) is 9.71. The van der Waals surface area contributed by atoms with E-state index in [1.165, 1.54) is 35.6 Å². The fraction of sp³-hybridized carbons (Fsp3) is 0.167. The number of aromatic nitrogens is 2. The lowest BCUT2D eigenvalue weighted by molar-refractivity contribution is 0.0279. The average molecular weight is 417 g/mol. The van der Waals surface area contributed by atoms with Gasteiger partial charge in [0.05, 0.1) is 21.9 Å². The maximum Gasteiger partial charge on any atom is 0.338 e. The molecular weight excluding hydrogens is 402 g/mol. The first-order valence-electron chi connectivity index (χ1n) is 8.02. The highest BCUT2D eigenvalue weighted by Gasteiger charge is 2.22. The number of ether oxygens (including phenoxy) is 1. The fourth-order valence-corrected chi connectivity index (χ4v) is 3.81. The number of hydrogen-bond acceptors (Lipinski definition) is 8. The topological polar surface area (TPSA) is 111 Å². The van der Waals surface area contributed by atoms with Crippen LogP contribution in [0, 0.1) is 12.3 Å². The molecule has 3 rings (SSSR count). The molecule has 2 heterocycles. The number of nitrogens with zero attached hydrogens (tertiary/aromatic N) is 2. The maximum atomic E-state index is 12.4. The summed E-state index contributed by atoms with van der Waals surface area (Å²) in [5.41, 5.74) is 0.0634. The van der Waals surface area contributed by atoms with Gasteiger partial charge in [-0.1, -0.05) is 18.1 Å². The molecule has 0 bridgehead atoms. The number of hydrogen-bond donors (Lipinski definition) is 1. The lowest BCUT2D eigenvalue weighted by atomic mass is 10.2. The Morgan fingerprint density at radius 3 is 2.89 bits per heavy atom. The van der Waals surface area contributed by atoms with E-state index in [-0.39, 0.29) is 22.9 Å². The summed E-state index contributed by atoms with van der Waals surface area (Å²) in [4.78, 5) is 13.1. The van der Waals surface area contributed by atoms with Crippen molar-refractivity contribution in [1.82, 2.24) is 14.9 Å². The lowest BCUT2D eigenvalue weighted by Gasteiger charge is -2.10. The van der Waals surface area contributed by atoms with Gasteiger partial charge in [0.25, 0.3) is 11.8 Å². The number of benzene rings is 1. The molecule has 1 atom stereocenters. The molecule has 0 aliphatic carbocycles. The van der Waals surface area contributed by atoms with Gasteiger partial charge in [-0.3, -0.25) is 0 Å². The molecule has 0 aliphatic rings. The van der Waals surface area contributed by atoms with Gasteiger partial charge < -0.3 is 9.15 Å². The Labute approximate surface area is 165 Å². The number of terminal acetylenes is 1. The molecule has 8 nitrogen and oxygen atoms in total. The molecule has 0 fully saturated rings. The first-order chi connectivity index (χ1) is 13.4. The van der Waals surface area contributed by atoms with Crippen molar-refractivity contribution < 1.29 is 22.4 Å². The van der Waals surface area contributed by atoms with Crippen LogP contribution in [0.15, 0.2) is 51.1 Å². The van der Waals surface area contributed by atoms with Crippen molar-refractivity contribution in [1.29, 1.82) is 0 Å². The van der Waals surface area contributed by atoms with Crippen molar-refractivity contribution in [3.8, 4) is 23.1 Å². The molecule has 28 heavy (non-hydrogen) atoms. The summed E-state index contributed by atoms with van der Waals surface area (Å²) in [5.74, 6) is 1.93. The Hall–Kier alpha value is -3.00. The van der Waals surface area contributed by atoms with Crippen LogP contribution in [-0.4, -0.2) is 31.1 Å². The predicted molar refractivity (Wildman–Crippen MR) is 102 cm³/mol. The van der Waals surface area contributed by atoms with E-state index in [1.54, 1.807) is 6.92 Å². The van der Waals surface area contributed by atoms with Crippen molar-refractivity contribution in [3.63, 3.8) is 0 Å². The first-order valence-corrected chi connectivity index (χ1v) is 10.4. The standard InChI is InChI=1S/C18H15N3O5S2/c1-3-9-19-28(23,24)14-7-4-6-13(11-14)18(22)25-12(2)16-20-21-17(26-16)15-8-5-10-27-15/h1,4-8,10-12,19H,9H2,2H3. The highest BCUT2D eigenvalue weighted by Crippen LogP contribution is 2.26. The molecular formula is C18H15N3O5S2. The van der Waals surface area contributed by atoms with Crippen LogP contribution in [0.3, 0.4) is 0 Å². The minimum absolute atomic E-state index is 0.0634. The first kappa shape index (κ1) is 19.8.